The summed E-state index contributed by atoms with van der Waals surface area (Å²) in [5.41, 5.74) is -2.23. The van der Waals surface area contributed by atoms with E-state index in [4.69, 9.17) is 5.11 Å². The highest BCUT2D eigenvalue weighted by atomic mass is 19.1. The Hall–Kier alpha value is -2.38. The van der Waals surface area contributed by atoms with Crippen LogP contribution in [0.15, 0.2) is 12.1 Å². The van der Waals surface area contributed by atoms with Crippen molar-refractivity contribution in [2.45, 2.75) is 0 Å². The zero-order valence-electron chi connectivity index (χ0n) is 7.44. The van der Waals surface area contributed by atoms with Crippen LogP contribution in [0, 0.1) is 21.7 Å². The summed E-state index contributed by atoms with van der Waals surface area (Å²) < 4.78 is 26.0. The lowest BCUT2D eigenvalue weighted by Gasteiger charge is -1.99. The second-order valence-corrected chi connectivity index (χ2v) is 2.67. The van der Waals surface area contributed by atoms with Gasteiger partial charge < -0.3 is 5.11 Å². The Labute approximate surface area is 86.3 Å². The zero-order valence-corrected chi connectivity index (χ0v) is 7.44. The lowest BCUT2D eigenvalue weighted by Crippen LogP contribution is -2.15. The molecule has 1 aromatic carbocycles. The number of hydrogen-bond donors (Lipinski definition) is 1. The monoisotopic (exact) mass is 231 g/mol. The molecule has 8 heteroatoms. The van der Waals surface area contributed by atoms with Gasteiger partial charge in [0.05, 0.1) is 16.6 Å². The summed E-state index contributed by atoms with van der Waals surface area (Å²) in [5, 5.41) is 18.4. The van der Waals surface area contributed by atoms with E-state index in [0.717, 1.165) is 0 Å². The molecule has 0 spiro atoms. The average molecular weight is 231 g/mol. The Morgan fingerprint density at radius 1 is 1.25 bits per heavy atom. The molecule has 0 fully saturated rings. The molecule has 84 valence electrons. The molecule has 0 atom stereocenters. The first-order valence-corrected chi connectivity index (χ1v) is 3.75. The molecule has 16 heavy (non-hydrogen) atoms. The van der Waals surface area contributed by atoms with Crippen LogP contribution in [0.25, 0.3) is 0 Å². The van der Waals surface area contributed by atoms with E-state index in [1.807, 2.05) is 0 Å². The summed E-state index contributed by atoms with van der Waals surface area (Å²) in [6.45, 7) is 0. The van der Waals surface area contributed by atoms with E-state index in [0.29, 0.717) is 0 Å². The van der Waals surface area contributed by atoms with Crippen LogP contribution in [0.3, 0.4) is 0 Å². The quantitative estimate of drug-likeness (QED) is 0.364. The highest BCUT2D eigenvalue weighted by molar-refractivity contribution is 6.39. The number of nitro benzene ring substituents is 1. The number of benzene rings is 1. The Morgan fingerprint density at radius 3 is 2.25 bits per heavy atom. The fraction of sp³-hybridized carbons (Fsp3) is 0. The van der Waals surface area contributed by atoms with E-state index in [-0.39, 0.29) is 12.1 Å². The maximum absolute atomic E-state index is 13.0. The summed E-state index contributed by atoms with van der Waals surface area (Å²) in [7, 11) is 0. The van der Waals surface area contributed by atoms with E-state index in [1.165, 1.54) is 0 Å². The summed E-state index contributed by atoms with van der Waals surface area (Å²) in [4.78, 5) is 30.0. The van der Waals surface area contributed by atoms with E-state index in [2.05, 4.69) is 0 Å². The first-order chi connectivity index (χ1) is 7.34. The number of halogens is 2. The lowest BCUT2D eigenvalue weighted by molar-refractivity contribution is -0.387. The summed E-state index contributed by atoms with van der Waals surface area (Å²) in [5.74, 6) is -6.59. The van der Waals surface area contributed by atoms with Gasteiger partial charge in [0.15, 0.2) is 0 Å². The van der Waals surface area contributed by atoms with Crippen molar-refractivity contribution < 1.29 is 28.4 Å². The first kappa shape index (κ1) is 11.7. The maximum atomic E-state index is 13.0. The molecule has 0 saturated heterocycles. The summed E-state index contributed by atoms with van der Waals surface area (Å²) in [6, 6.07) is 0.343. The van der Waals surface area contributed by atoms with Gasteiger partial charge in [0, 0.05) is 0 Å². The van der Waals surface area contributed by atoms with Crippen molar-refractivity contribution in [2.24, 2.45) is 0 Å². The van der Waals surface area contributed by atoms with Gasteiger partial charge in [-0.25, -0.2) is 9.18 Å². The minimum absolute atomic E-state index is 0.158. The van der Waals surface area contributed by atoms with Crippen LogP contribution in [-0.2, 0) is 4.79 Å². The van der Waals surface area contributed by atoms with Crippen LogP contribution in [0.2, 0.25) is 0 Å². The van der Waals surface area contributed by atoms with Crippen LogP contribution < -0.4 is 0 Å². The number of rotatable bonds is 3. The Bertz CT molecular complexity index is 499. The SMILES string of the molecule is O=C(O)C(=O)c1cc(F)c([N+](=O)[O-])cc1F. The van der Waals surface area contributed by atoms with E-state index in [9.17, 15) is 28.5 Å². The van der Waals surface area contributed by atoms with Crippen molar-refractivity contribution in [2.75, 3.05) is 0 Å². The largest absolute Gasteiger partial charge is 0.475 e. The topological polar surface area (TPSA) is 97.5 Å². The van der Waals surface area contributed by atoms with Crippen LogP contribution >= 0.6 is 0 Å². The highest BCUT2D eigenvalue weighted by Crippen LogP contribution is 2.21. The fourth-order valence-corrected chi connectivity index (χ4v) is 0.965. The minimum atomic E-state index is -1.98. The van der Waals surface area contributed by atoms with Gasteiger partial charge in [-0.1, -0.05) is 0 Å². The molecule has 0 aliphatic heterocycles. The summed E-state index contributed by atoms with van der Waals surface area (Å²) in [6.07, 6.45) is 0. The third-order valence-corrected chi connectivity index (χ3v) is 1.67. The van der Waals surface area contributed by atoms with Crippen LogP contribution in [-0.4, -0.2) is 21.8 Å². The number of carbonyl (C=O) groups is 2. The normalized spacial score (nSPS) is 9.88. The van der Waals surface area contributed by atoms with Gasteiger partial charge in [0.25, 0.3) is 5.78 Å². The average Bonchev–Trinajstić information content (AvgIpc) is 2.19. The van der Waals surface area contributed by atoms with E-state index >= 15 is 0 Å². The highest BCUT2D eigenvalue weighted by Gasteiger charge is 2.25. The fourth-order valence-electron chi connectivity index (χ4n) is 0.965. The Kier molecular flexibility index (Phi) is 2.93. The van der Waals surface area contributed by atoms with Crippen molar-refractivity contribution in [1.29, 1.82) is 0 Å². The molecule has 0 bridgehead atoms. The molecular weight excluding hydrogens is 228 g/mol. The zero-order chi connectivity index (χ0) is 12.5. The standard InChI is InChI=1S/C8H3F2NO5/c9-4-2-6(11(15)16)5(10)1-3(4)7(12)8(13)14/h1-2H,(H,13,14). The van der Waals surface area contributed by atoms with Gasteiger partial charge in [-0.05, 0) is 6.07 Å². The molecule has 0 radical (unpaired) electrons. The van der Waals surface area contributed by atoms with E-state index in [1.54, 1.807) is 0 Å². The first-order valence-electron chi connectivity index (χ1n) is 3.75. The van der Waals surface area contributed by atoms with Gasteiger partial charge in [-0.3, -0.25) is 14.9 Å². The molecule has 1 N–H and O–H groups in total. The third kappa shape index (κ3) is 2.00. The van der Waals surface area contributed by atoms with Crippen molar-refractivity contribution in [3.8, 4) is 0 Å². The molecule has 1 rings (SSSR count). The number of ketones is 1. The Balaban J connectivity index is 3.36. The molecule has 0 aliphatic carbocycles. The number of carbonyl (C=O) groups excluding carboxylic acids is 1. The van der Waals surface area contributed by atoms with Crippen molar-refractivity contribution in [3.05, 3.63) is 39.4 Å². The molecule has 1 aromatic rings. The van der Waals surface area contributed by atoms with Crippen molar-refractivity contribution in [1.82, 2.24) is 0 Å². The van der Waals surface area contributed by atoms with Gasteiger partial charge in [-0.2, -0.15) is 4.39 Å². The molecule has 0 heterocycles. The third-order valence-electron chi connectivity index (χ3n) is 1.67. The number of nitrogens with zero attached hydrogens (tertiary/aromatic N) is 1. The molecule has 0 aromatic heterocycles. The molecule has 0 unspecified atom stereocenters. The number of carboxylic acid groups (broad SMARTS) is 1. The second kappa shape index (κ2) is 4.01. The molecule has 0 saturated carbocycles. The lowest BCUT2D eigenvalue weighted by atomic mass is 10.1. The predicted octanol–water partition coefficient (Wildman–Crippen LogP) is 1.14. The minimum Gasteiger partial charge on any atom is -0.475 e. The second-order valence-electron chi connectivity index (χ2n) is 2.67. The van der Waals surface area contributed by atoms with Crippen LogP contribution in [0.5, 0.6) is 0 Å². The number of Topliss-reactive ketones (excluding diaryl/α,β-unsaturated/α-hetero) is 1. The Morgan fingerprint density at radius 2 is 1.81 bits per heavy atom. The number of aliphatic carboxylic acids is 1. The molecular formula is C8H3F2NO5. The predicted molar refractivity (Wildman–Crippen MR) is 45.0 cm³/mol. The maximum Gasteiger partial charge on any atom is 0.377 e. The van der Waals surface area contributed by atoms with Crippen molar-refractivity contribution >= 4 is 17.4 Å². The summed E-state index contributed by atoms with van der Waals surface area (Å²) >= 11 is 0. The number of hydrogen-bond acceptors (Lipinski definition) is 4. The number of nitro groups is 1. The molecule has 6 nitrogen and oxygen atoms in total. The van der Waals surface area contributed by atoms with Gasteiger partial charge >= 0.3 is 11.7 Å². The number of carboxylic acids is 1. The van der Waals surface area contributed by atoms with Crippen molar-refractivity contribution in [3.63, 3.8) is 0 Å². The van der Waals surface area contributed by atoms with Gasteiger partial charge in [0.2, 0.25) is 5.82 Å². The molecule has 0 amide bonds. The van der Waals surface area contributed by atoms with Crippen LogP contribution in [0.1, 0.15) is 10.4 Å². The van der Waals surface area contributed by atoms with Crippen LogP contribution in [0.4, 0.5) is 14.5 Å². The smallest absolute Gasteiger partial charge is 0.377 e. The van der Waals surface area contributed by atoms with E-state index < -0.39 is 39.6 Å². The van der Waals surface area contributed by atoms with Gasteiger partial charge in [-0.15, -0.1) is 0 Å². The van der Waals surface area contributed by atoms with Gasteiger partial charge in [0.1, 0.15) is 5.82 Å². The molecule has 0 aliphatic rings.